The Hall–Kier alpha value is -6.62. The number of benzene rings is 2. The largest absolute Gasteiger partial charge is 0.480 e. The number of non-ortho nitro benzene ring substituents is 2. The van der Waals surface area contributed by atoms with E-state index in [-0.39, 0.29) is 61.2 Å². The van der Waals surface area contributed by atoms with Gasteiger partial charge in [-0.05, 0) is 52.2 Å². The predicted octanol–water partition coefficient (Wildman–Crippen LogP) is -0.761. The zero-order valence-corrected chi connectivity index (χ0v) is 38.5. The third kappa shape index (κ3) is 32.1. The molecule has 2 aliphatic rings. The maximum absolute atomic E-state index is 11.4. The third-order valence-electron chi connectivity index (χ3n) is 10.00. The number of aliphatic carboxylic acids is 2. The highest BCUT2D eigenvalue weighted by molar-refractivity contribution is 5.69. The monoisotopic (exact) mass is 964 g/mol. The summed E-state index contributed by atoms with van der Waals surface area (Å²) in [5.74, 6) is -1.74. The molecular weight excluding hydrogens is 904 g/mol. The maximum Gasteiger partial charge on any atom is 0.373 e. The molecule has 0 aromatic heterocycles. The van der Waals surface area contributed by atoms with E-state index in [4.69, 9.17) is 47.8 Å². The molecule has 2 heterocycles. The molecule has 2 aromatic rings. The first-order valence-electron chi connectivity index (χ1n) is 20.6. The molecule has 0 bridgehead atoms. The molecule has 0 amide bonds. The van der Waals surface area contributed by atoms with E-state index in [0.29, 0.717) is 65.4 Å². The molecule has 0 saturated carbocycles. The fraction of sp³-hybridized carbons (Fsp3) is 0.571. The lowest BCUT2D eigenvalue weighted by molar-refractivity contribution is -0.385. The number of carboxylic acid groups (broad SMARTS) is 2. The van der Waals surface area contributed by atoms with Crippen LogP contribution in [0.15, 0.2) is 48.5 Å². The van der Waals surface area contributed by atoms with E-state index in [2.05, 4.69) is 33.7 Å². The number of carboxylic acids is 2. The normalized spacial score (nSPS) is 18.2. The van der Waals surface area contributed by atoms with Crippen LogP contribution in [0.5, 0.6) is 0 Å². The van der Waals surface area contributed by atoms with Gasteiger partial charge in [0.2, 0.25) is 0 Å². The molecule has 0 aliphatic carbocycles. The van der Waals surface area contributed by atoms with Crippen molar-refractivity contribution in [3.8, 4) is 0 Å². The molecule has 2 aliphatic heterocycles. The Kier molecular flexibility index (Phi) is 36.9. The van der Waals surface area contributed by atoms with Crippen molar-refractivity contribution >= 4 is 47.9 Å². The smallest absolute Gasteiger partial charge is 0.373 e. The summed E-state index contributed by atoms with van der Waals surface area (Å²) in [6.45, 7) is 9.78. The summed E-state index contributed by atoms with van der Waals surface area (Å²) in [7, 11) is 8.21. The standard InChI is InChI=1S/2C19H30N4O5.4CO2/c2*1-20-7-8-21(2)14-18(13-16-3-5-17(6-4-16)23(26)27)22(15-19(24)25)10-12-28-11-9-20;4*2-1-3/h2*3-6,18H,7-15H2,1-2H3,(H,24,25);;;;/t2*18-;;;;/m10..../s1. The summed E-state index contributed by atoms with van der Waals surface area (Å²) in [6.07, 6.45) is 2.23. The number of rotatable bonds is 10. The summed E-state index contributed by atoms with van der Waals surface area (Å²) in [4.78, 5) is 121. The van der Waals surface area contributed by atoms with Gasteiger partial charge in [0.15, 0.2) is 0 Å². The number of hydrogen-bond acceptors (Lipinski definition) is 22. The fourth-order valence-electron chi connectivity index (χ4n) is 6.62. The van der Waals surface area contributed by atoms with Crippen molar-refractivity contribution < 1.29 is 77.5 Å². The number of nitro benzene ring substituents is 2. The predicted molar refractivity (Wildman–Crippen MR) is 231 cm³/mol. The summed E-state index contributed by atoms with van der Waals surface area (Å²) in [6, 6.07) is 12.9. The highest BCUT2D eigenvalue weighted by Crippen LogP contribution is 2.18. The Morgan fingerprint density at radius 2 is 0.779 bits per heavy atom. The van der Waals surface area contributed by atoms with Crippen molar-refractivity contribution in [1.29, 1.82) is 0 Å². The van der Waals surface area contributed by atoms with Gasteiger partial charge in [0, 0.05) is 102 Å². The van der Waals surface area contributed by atoms with E-state index in [1.165, 1.54) is 24.3 Å². The minimum atomic E-state index is -0.872. The van der Waals surface area contributed by atoms with E-state index >= 15 is 0 Å². The summed E-state index contributed by atoms with van der Waals surface area (Å²) in [5.41, 5.74) is 2.01. The molecule has 26 nitrogen and oxygen atoms in total. The minimum Gasteiger partial charge on any atom is -0.480 e. The number of nitro groups is 2. The van der Waals surface area contributed by atoms with E-state index in [9.17, 15) is 40.0 Å². The second-order valence-electron chi connectivity index (χ2n) is 15.0. The molecule has 68 heavy (non-hydrogen) atoms. The fourth-order valence-corrected chi connectivity index (χ4v) is 6.62. The number of carbonyl (C=O) groups is 2. The number of nitrogens with zero attached hydrogens (tertiary/aromatic N) is 8. The van der Waals surface area contributed by atoms with Gasteiger partial charge in [-0.25, -0.2) is 0 Å². The Morgan fingerprint density at radius 1 is 0.515 bits per heavy atom. The molecule has 26 heteroatoms. The lowest BCUT2D eigenvalue weighted by Gasteiger charge is -2.34. The summed E-state index contributed by atoms with van der Waals surface area (Å²) >= 11 is 0. The van der Waals surface area contributed by atoms with Crippen LogP contribution in [0.25, 0.3) is 0 Å². The summed E-state index contributed by atoms with van der Waals surface area (Å²) < 4.78 is 11.4. The first-order chi connectivity index (χ1) is 32.3. The van der Waals surface area contributed by atoms with Crippen LogP contribution >= 0.6 is 0 Å². The second-order valence-corrected chi connectivity index (χ2v) is 15.0. The first kappa shape index (κ1) is 63.5. The van der Waals surface area contributed by atoms with Gasteiger partial charge in [-0.2, -0.15) is 38.4 Å². The van der Waals surface area contributed by atoms with Crippen LogP contribution in [0.4, 0.5) is 11.4 Å². The van der Waals surface area contributed by atoms with E-state index < -0.39 is 21.8 Å². The third-order valence-corrected chi connectivity index (χ3v) is 10.00. The minimum absolute atomic E-state index is 0.0316. The van der Waals surface area contributed by atoms with Gasteiger partial charge >= 0.3 is 36.5 Å². The lowest BCUT2D eigenvalue weighted by Crippen LogP contribution is -2.49. The Labute approximate surface area is 392 Å². The van der Waals surface area contributed by atoms with Crippen molar-refractivity contribution in [2.24, 2.45) is 0 Å². The van der Waals surface area contributed by atoms with Crippen molar-refractivity contribution in [2.75, 3.05) is 133 Å². The van der Waals surface area contributed by atoms with Gasteiger partial charge in [0.05, 0.1) is 49.4 Å². The lowest BCUT2D eigenvalue weighted by atomic mass is 10.0. The Balaban J connectivity index is 0. The van der Waals surface area contributed by atoms with E-state index in [0.717, 1.165) is 50.4 Å². The Bertz CT molecular complexity index is 1730. The molecule has 2 saturated heterocycles. The molecule has 376 valence electrons. The summed E-state index contributed by atoms with van der Waals surface area (Å²) in [5, 5.41) is 40.5. The zero-order valence-electron chi connectivity index (χ0n) is 38.5. The quantitative estimate of drug-likeness (QED) is 0.218. The van der Waals surface area contributed by atoms with Crippen LogP contribution in [0, 0.1) is 20.2 Å². The van der Waals surface area contributed by atoms with Crippen LogP contribution in [0.2, 0.25) is 0 Å². The SMILES string of the molecule is CN1CCOCCN(CC(=O)O)[C@@H](Cc2ccc([N+](=O)[O-])cc2)CN(C)CC1.CN1CCOCCN(CC(=O)O)[C@H](Cc2ccc([N+](=O)[O-])cc2)CN(C)CC1.O=C=O.O=C=O.O=C=O.O=C=O. The van der Waals surface area contributed by atoms with Gasteiger partial charge < -0.3 is 39.3 Å². The number of ether oxygens (including phenoxy) is 2. The van der Waals surface area contributed by atoms with Gasteiger partial charge in [0.1, 0.15) is 0 Å². The highest BCUT2D eigenvalue weighted by atomic mass is 16.6. The van der Waals surface area contributed by atoms with Crippen molar-refractivity contribution in [1.82, 2.24) is 29.4 Å². The van der Waals surface area contributed by atoms with Gasteiger partial charge in [-0.15, -0.1) is 0 Å². The van der Waals surface area contributed by atoms with Crippen molar-refractivity contribution in [3.05, 3.63) is 79.9 Å². The molecule has 0 spiro atoms. The van der Waals surface area contributed by atoms with Gasteiger partial charge in [0.25, 0.3) is 11.4 Å². The first-order valence-corrected chi connectivity index (χ1v) is 20.6. The topological polar surface area (TPSA) is 335 Å². The average molecular weight is 965 g/mol. The number of hydrogen-bond donors (Lipinski definition) is 2. The molecule has 2 aromatic carbocycles. The van der Waals surface area contributed by atoms with E-state index in [1.54, 1.807) is 24.3 Å². The van der Waals surface area contributed by atoms with Gasteiger partial charge in [-0.3, -0.25) is 39.6 Å². The molecule has 0 unspecified atom stereocenters. The van der Waals surface area contributed by atoms with Crippen LogP contribution in [0.1, 0.15) is 11.1 Å². The van der Waals surface area contributed by atoms with E-state index in [1.807, 2.05) is 23.9 Å². The van der Waals surface area contributed by atoms with Crippen LogP contribution in [-0.2, 0) is 70.3 Å². The van der Waals surface area contributed by atoms with Crippen LogP contribution in [0.3, 0.4) is 0 Å². The second kappa shape index (κ2) is 39.5. The van der Waals surface area contributed by atoms with Crippen molar-refractivity contribution in [2.45, 2.75) is 24.9 Å². The van der Waals surface area contributed by atoms with Crippen molar-refractivity contribution in [3.63, 3.8) is 0 Å². The zero-order chi connectivity index (χ0) is 51.9. The molecule has 2 fully saturated rings. The molecule has 2 atom stereocenters. The number of likely N-dealkylation sites (N-methyl/N-ethyl adjacent to an activating group) is 4. The average Bonchev–Trinajstić information content (AvgIpc) is 3.27. The highest BCUT2D eigenvalue weighted by Gasteiger charge is 2.25. The van der Waals surface area contributed by atoms with Crippen LogP contribution < -0.4 is 0 Å². The van der Waals surface area contributed by atoms with Crippen LogP contribution in [-0.4, -0.2) is 231 Å². The molecule has 4 rings (SSSR count). The van der Waals surface area contributed by atoms with Gasteiger partial charge in [-0.1, -0.05) is 24.3 Å². The molecular formula is C42H60N8O18. The number of carbonyl (C=O) groups excluding carboxylic acids is 8. The molecule has 2 N–H and O–H groups in total. The maximum atomic E-state index is 11.4. The molecule has 0 radical (unpaired) electrons. The Morgan fingerprint density at radius 3 is 1.04 bits per heavy atom.